The lowest BCUT2D eigenvalue weighted by Crippen LogP contribution is -2.21. The van der Waals surface area contributed by atoms with Crippen LogP contribution in [0, 0.1) is 10.1 Å². The van der Waals surface area contributed by atoms with Crippen LogP contribution in [0.5, 0.6) is 0 Å². The summed E-state index contributed by atoms with van der Waals surface area (Å²) in [5.74, 6) is -1.14. The van der Waals surface area contributed by atoms with Crippen LogP contribution < -0.4 is 4.90 Å². The van der Waals surface area contributed by atoms with E-state index in [2.05, 4.69) is 6.92 Å². The van der Waals surface area contributed by atoms with Gasteiger partial charge < -0.3 is 10.0 Å². The molecule has 0 amide bonds. The van der Waals surface area contributed by atoms with Gasteiger partial charge in [0.1, 0.15) is 0 Å². The van der Waals surface area contributed by atoms with E-state index in [-0.39, 0.29) is 11.3 Å². The van der Waals surface area contributed by atoms with Gasteiger partial charge in [0.25, 0.3) is 5.69 Å². The van der Waals surface area contributed by atoms with Gasteiger partial charge in [-0.1, -0.05) is 77.6 Å². The maximum atomic E-state index is 11.4. The van der Waals surface area contributed by atoms with Crippen molar-refractivity contribution in [2.45, 2.75) is 84.0 Å². The van der Waals surface area contributed by atoms with Gasteiger partial charge in [-0.25, -0.2) is 4.79 Å². The van der Waals surface area contributed by atoms with Gasteiger partial charge in [0.2, 0.25) is 0 Å². The Labute approximate surface area is 169 Å². The average molecular weight is 393 g/mol. The number of non-ortho nitro benzene ring substituents is 1. The second-order valence-electron chi connectivity index (χ2n) is 7.57. The number of carboxylic acids is 1. The maximum Gasteiger partial charge on any atom is 0.338 e. The lowest BCUT2D eigenvalue weighted by molar-refractivity contribution is -0.384. The topological polar surface area (TPSA) is 83.7 Å². The zero-order valence-corrected chi connectivity index (χ0v) is 17.5. The first-order valence-electron chi connectivity index (χ1n) is 10.7. The SMILES string of the molecule is CCCCCCCCCCCCCCN(C)c1ccc([N+](=O)[O-])cc1C(=O)O. The molecule has 1 N–H and O–H groups in total. The fourth-order valence-corrected chi connectivity index (χ4v) is 3.45. The first-order chi connectivity index (χ1) is 13.5. The molecule has 0 bridgehead atoms. The van der Waals surface area contributed by atoms with Crippen LogP contribution in [0.3, 0.4) is 0 Å². The van der Waals surface area contributed by atoms with E-state index in [0.717, 1.165) is 25.5 Å². The number of hydrogen-bond acceptors (Lipinski definition) is 4. The Hall–Kier alpha value is -2.11. The van der Waals surface area contributed by atoms with Gasteiger partial charge in [-0.15, -0.1) is 0 Å². The molecule has 1 rings (SSSR count). The summed E-state index contributed by atoms with van der Waals surface area (Å²) in [7, 11) is 1.84. The highest BCUT2D eigenvalue weighted by molar-refractivity contribution is 5.95. The molecule has 0 unspecified atom stereocenters. The van der Waals surface area contributed by atoms with E-state index in [9.17, 15) is 20.0 Å². The van der Waals surface area contributed by atoms with Gasteiger partial charge in [-0.2, -0.15) is 0 Å². The molecule has 0 heterocycles. The van der Waals surface area contributed by atoms with E-state index < -0.39 is 10.9 Å². The molecule has 158 valence electrons. The van der Waals surface area contributed by atoms with Crippen molar-refractivity contribution in [3.05, 3.63) is 33.9 Å². The van der Waals surface area contributed by atoms with Crippen LogP contribution in [-0.4, -0.2) is 29.6 Å². The highest BCUT2D eigenvalue weighted by Crippen LogP contribution is 2.25. The molecule has 6 heteroatoms. The number of benzene rings is 1. The maximum absolute atomic E-state index is 11.4. The Kier molecular flexibility index (Phi) is 11.9. The van der Waals surface area contributed by atoms with Gasteiger partial charge in [-0.05, 0) is 12.5 Å². The molecule has 0 aliphatic rings. The largest absolute Gasteiger partial charge is 0.478 e. The van der Waals surface area contributed by atoms with Gasteiger partial charge in [0.15, 0.2) is 0 Å². The van der Waals surface area contributed by atoms with Crippen LogP contribution in [-0.2, 0) is 0 Å². The molecule has 28 heavy (non-hydrogen) atoms. The van der Waals surface area contributed by atoms with Crippen molar-refractivity contribution in [2.24, 2.45) is 0 Å². The van der Waals surface area contributed by atoms with Crippen molar-refractivity contribution in [3.63, 3.8) is 0 Å². The zero-order chi connectivity index (χ0) is 20.8. The lowest BCUT2D eigenvalue weighted by atomic mass is 10.1. The second kappa shape index (κ2) is 14.0. The lowest BCUT2D eigenvalue weighted by Gasteiger charge is -2.21. The molecule has 0 aliphatic heterocycles. The van der Waals surface area contributed by atoms with E-state index in [4.69, 9.17) is 0 Å². The minimum atomic E-state index is -1.14. The predicted molar refractivity (Wildman–Crippen MR) is 114 cm³/mol. The monoisotopic (exact) mass is 392 g/mol. The molecule has 0 fully saturated rings. The number of nitrogens with zero attached hydrogens (tertiary/aromatic N) is 2. The van der Waals surface area contributed by atoms with Crippen molar-refractivity contribution in [2.75, 3.05) is 18.5 Å². The Balaban J connectivity index is 2.22. The molecule has 6 nitrogen and oxygen atoms in total. The third-order valence-electron chi connectivity index (χ3n) is 5.18. The second-order valence-corrected chi connectivity index (χ2v) is 7.57. The molecule has 0 atom stereocenters. The summed E-state index contributed by atoms with van der Waals surface area (Å²) in [6, 6.07) is 4.03. The zero-order valence-electron chi connectivity index (χ0n) is 17.5. The number of rotatable bonds is 16. The molecule has 1 aromatic carbocycles. The van der Waals surface area contributed by atoms with Crippen molar-refractivity contribution in [1.82, 2.24) is 0 Å². The molecule has 0 saturated heterocycles. The van der Waals surface area contributed by atoms with Crippen LogP contribution in [0.4, 0.5) is 11.4 Å². The Morgan fingerprint density at radius 3 is 1.93 bits per heavy atom. The predicted octanol–water partition coefficient (Wildman–Crippen LogP) is 6.43. The molecule has 0 saturated carbocycles. The van der Waals surface area contributed by atoms with Crippen LogP contribution in [0.2, 0.25) is 0 Å². The van der Waals surface area contributed by atoms with Crippen LogP contribution in [0.15, 0.2) is 18.2 Å². The third-order valence-corrected chi connectivity index (χ3v) is 5.18. The number of unbranched alkanes of at least 4 members (excludes halogenated alkanes) is 11. The van der Waals surface area contributed by atoms with Crippen LogP contribution in [0.25, 0.3) is 0 Å². The van der Waals surface area contributed by atoms with E-state index in [0.29, 0.717) is 5.69 Å². The summed E-state index contributed by atoms with van der Waals surface area (Å²) < 4.78 is 0. The number of aromatic carboxylic acids is 1. The number of nitro benzene ring substituents is 1. The van der Waals surface area contributed by atoms with Crippen molar-refractivity contribution < 1.29 is 14.8 Å². The first-order valence-corrected chi connectivity index (χ1v) is 10.7. The van der Waals surface area contributed by atoms with Crippen LogP contribution >= 0.6 is 0 Å². The van der Waals surface area contributed by atoms with E-state index in [1.165, 1.54) is 76.3 Å². The quantitative estimate of drug-likeness (QED) is 0.199. The highest BCUT2D eigenvalue weighted by atomic mass is 16.6. The Bertz CT molecular complexity index is 604. The number of hydrogen-bond donors (Lipinski definition) is 1. The number of anilines is 1. The number of nitro groups is 1. The molecule has 0 spiro atoms. The van der Waals surface area contributed by atoms with Gasteiger partial charge in [0.05, 0.1) is 16.2 Å². The fourth-order valence-electron chi connectivity index (χ4n) is 3.45. The van der Waals surface area contributed by atoms with Crippen molar-refractivity contribution in [1.29, 1.82) is 0 Å². The number of carbonyl (C=O) groups is 1. The fraction of sp³-hybridized carbons (Fsp3) is 0.682. The summed E-state index contributed by atoms with van der Waals surface area (Å²) in [4.78, 5) is 23.6. The summed E-state index contributed by atoms with van der Waals surface area (Å²) in [5, 5.41) is 20.2. The van der Waals surface area contributed by atoms with Gasteiger partial charge >= 0.3 is 5.97 Å². The molecule has 0 radical (unpaired) electrons. The molecule has 0 aliphatic carbocycles. The molecule has 0 aromatic heterocycles. The summed E-state index contributed by atoms with van der Waals surface area (Å²) in [5.41, 5.74) is 0.316. The third kappa shape index (κ3) is 9.20. The summed E-state index contributed by atoms with van der Waals surface area (Å²) >= 11 is 0. The Morgan fingerprint density at radius 1 is 0.964 bits per heavy atom. The Morgan fingerprint density at radius 2 is 1.46 bits per heavy atom. The average Bonchev–Trinajstić information content (AvgIpc) is 2.68. The van der Waals surface area contributed by atoms with E-state index in [1.807, 2.05) is 11.9 Å². The standard InChI is InChI=1S/C22H36N2O4/c1-3-4-5-6-7-8-9-10-11-12-13-14-17-23(2)21-16-15-19(24(27)28)18-20(21)22(25)26/h15-16,18H,3-14,17H2,1-2H3,(H,25,26). The van der Waals surface area contributed by atoms with E-state index in [1.54, 1.807) is 0 Å². The van der Waals surface area contributed by atoms with Crippen molar-refractivity contribution >= 4 is 17.3 Å². The number of carboxylic acid groups (broad SMARTS) is 1. The first kappa shape index (κ1) is 23.9. The van der Waals surface area contributed by atoms with Gasteiger partial charge in [-0.3, -0.25) is 10.1 Å². The van der Waals surface area contributed by atoms with Gasteiger partial charge in [0, 0.05) is 25.7 Å². The smallest absolute Gasteiger partial charge is 0.338 e. The van der Waals surface area contributed by atoms with E-state index >= 15 is 0 Å². The summed E-state index contributed by atoms with van der Waals surface area (Å²) in [6.07, 6.45) is 15.3. The summed E-state index contributed by atoms with van der Waals surface area (Å²) in [6.45, 7) is 2.99. The highest BCUT2D eigenvalue weighted by Gasteiger charge is 2.18. The molecule has 1 aromatic rings. The minimum absolute atomic E-state index is 0.0179. The molecular weight excluding hydrogens is 356 g/mol. The normalized spacial score (nSPS) is 10.8. The van der Waals surface area contributed by atoms with Crippen molar-refractivity contribution in [3.8, 4) is 0 Å². The minimum Gasteiger partial charge on any atom is -0.478 e. The van der Waals surface area contributed by atoms with Crippen LogP contribution in [0.1, 0.15) is 94.3 Å². The molecular formula is C22H36N2O4.